The molecule has 102 valence electrons. The van der Waals surface area contributed by atoms with Gasteiger partial charge in [0.15, 0.2) is 0 Å². The Labute approximate surface area is 120 Å². The zero-order valence-electron chi connectivity index (χ0n) is 10.8. The Morgan fingerprint density at radius 3 is 2.85 bits per heavy atom. The van der Waals surface area contributed by atoms with Crippen LogP contribution in [-0.2, 0) is 0 Å². The van der Waals surface area contributed by atoms with Gasteiger partial charge in [-0.2, -0.15) is 9.47 Å². The highest BCUT2D eigenvalue weighted by molar-refractivity contribution is 7.10. The number of aryl methyl sites for hydroxylation is 1. The van der Waals surface area contributed by atoms with Crippen LogP contribution in [0.5, 0.6) is 0 Å². The molecule has 0 amide bonds. The van der Waals surface area contributed by atoms with E-state index in [-0.39, 0.29) is 5.56 Å². The summed E-state index contributed by atoms with van der Waals surface area (Å²) in [6.45, 7) is 1.66. The van der Waals surface area contributed by atoms with E-state index in [4.69, 9.17) is 5.11 Å². The van der Waals surface area contributed by atoms with Gasteiger partial charge in [-0.1, -0.05) is 36.4 Å². The number of hydrogen-bond donors (Lipinski definition) is 2. The van der Waals surface area contributed by atoms with Crippen molar-refractivity contribution in [2.45, 2.75) is 6.92 Å². The Kier molecular flexibility index (Phi) is 4.62. The summed E-state index contributed by atoms with van der Waals surface area (Å²) in [6.07, 6.45) is 5.24. The van der Waals surface area contributed by atoms with Gasteiger partial charge in [0.05, 0.1) is 5.69 Å². The maximum Gasteiger partial charge on any atom is 0.340 e. The summed E-state index contributed by atoms with van der Waals surface area (Å²) < 4.78 is 3.99. The zero-order valence-corrected chi connectivity index (χ0v) is 11.6. The quantitative estimate of drug-likeness (QED) is 0.654. The first kappa shape index (κ1) is 14.0. The molecule has 1 aromatic carbocycles. The number of aromatic nitrogens is 1. The van der Waals surface area contributed by atoms with Crippen LogP contribution >= 0.6 is 11.5 Å². The maximum absolute atomic E-state index is 11.0. The molecule has 1 heterocycles. The van der Waals surface area contributed by atoms with E-state index in [1.54, 1.807) is 19.2 Å². The molecular weight excluding hydrogens is 274 g/mol. The van der Waals surface area contributed by atoms with Crippen LogP contribution in [0, 0.1) is 6.92 Å². The predicted octanol–water partition coefficient (Wildman–Crippen LogP) is 3.26. The van der Waals surface area contributed by atoms with Gasteiger partial charge in [0.1, 0.15) is 10.6 Å². The van der Waals surface area contributed by atoms with Gasteiger partial charge < -0.3 is 5.11 Å². The number of carbonyl (C=O) groups is 1. The van der Waals surface area contributed by atoms with Crippen molar-refractivity contribution >= 4 is 34.8 Å². The molecule has 0 spiro atoms. The molecule has 2 aromatic rings. The Hall–Kier alpha value is -2.47. The average molecular weight is 287 g/mol. The van der Waals surface area contributed by atoms with Crippen LogP contribution in [0.4, 0.5) is 5.00 Å². The number of aromatic carboxylic acids is 1. The van der Waals surface area contributed by atoms with Crippen LogP contribution in [-0.4, -0.2) is 21.7 Å². The van der Waals surface area contributed by atoms with Crippen LogP contribution in [0.25, 0.3) is 6.08 Å². The molecule has 0 aliphatic heterocycles. The molecule has 0 radical (unpaired) electrons. The first-order valence-electron chi connectivity index (χ1n) is 5.89. The number of hydrazone groups is 1. The summed E-state index contributed by atoms with van der Waals surface area (Å²) in [5, 5.41) is 13.4. The lowest BCUT2D eigenvalue weighted by atomic mass is 10.2. The summed E-state index contributed by atoms with van der Waals surface area (Å²) in [6, 6.07) is 9.81. The molecule has 0 aliphatic carbocycles. The van der Waals surface area contributed by atoms with Crippen molar-refractivity contribution in [3.8, 4) is 0 Å². The number of nitrogens with zero attached hydrogens (tertiary/aromatic N) is 2. The van der Waals surface area contributed by atoms with E-state index in [2.05, 4.69) is 14.9 Å². The molecule has 0 bridgehead atoms. The first-order valence-corrected chi connectivity index (χ1v) is 6.66. The van der Waals surface area contributed by atoms with Gasteiger partial charge in [-0.15, -0.1) is 0 Å². The van der Waals surface area contributed by atoms with Crippen molar-refractivity contribution in [2.24, 2.45) is 5.10 Å². The monoisotopic (exact) mass is 287 g/mol. The highest BCUT2D eigenvalue weighted by Gasteiger charge is 2.16. The summed E-state index contributed by atoms with van der Waals surface area (Å²) in [5.74, 6) is -1.01. The fraction of sp³-hybridized carbons (Fsp3) is 0.0714. The highest BCUT2D eigenvalue weighted by atomic mass is 32.1. The highest BCUT2D eigenvalue weighted by Crippen LogP contribution is 2.24. The van der Waals surface area contributed by atoms with E-state index in [1.165, 1.54) is 0 Å². The van der Waals surface area contributed by atoms with E-state index < -0.39 is 5.97 Å². The second-order valence-electron chi connectivity index (χ2n) is 3.94. The van der Waals surface area contributed by atoms with E-state index in [0.29, 0.717) is 10.7 Å². The SMILES string of the molecule is Cc1nsc(NN=CC=Cc2ccccc2)c1C(=O)O. The molecule has 0 atom stereocenters. The molecule has 1 aromatic heterocycles. The van der Waals surface area contributed by atoms with Crippen molar-refractivity contribution in [3.05, 3.63) is 53.2 Å². The topological polar surface area (TPSA) is 74.6 Å². The van der Waals surface area contributed by atoms with Crippen molar-refractivity contribution < 1.29 is 9.90 Å². The molecular formula is C14H13N3O2S. The second kappa shape index (κ2) is 6.63. The van der Waals surface area contributed by atoms with Crippen molar-refractivity contribution in [1.82, 2.24) is 4.37 Å². The van der Waals surface area contributed by atoms with E-state index in [9.17, 15) is 4.79 Å². The van der Waals surface area contributed by atoms with Gasteiger partial charge in [0, 0.05) is 6.21 Å². The van der Waals surface area contributed by atoms with Crippen LogP contribution < -0.4 is 5.43 Å². The largest absolute Gasteiger partial charge is 0.478 e. The van der Waals surface area contributed by atoms with Crippen molar-refractivity contribution in [2.75, 3.05) is 5.43 Å². The Balaban J connectivity index is 1.97. The molecule has 0 saturated heterocycles. The minimum absolute atomic E-state index is 0.166. The van der Waals surface area contributed by atoms with Gasteiger partial charge >= 0.3 is 5.97 Å². The fourth-order valence-corrected chi connectivity index (χ4v) is 2.29. The lowest BCUT2D eigenvalue weighted by Gasteiger charge is -1.96. The summed E-state index contributed by atoms with van der Waals surface area (Å²) in [4.78, 5) is 11.0. The fourth-order valence-electron chi connectivity index (χ4n) is 1.56. The van der Waals surface area contributed by atoms with Crippen molar-refractivity contribution in [1.29, 1.82) is 0 Å². The minimum Gasteiger partial charge on any atom is -0.478 e. The van der Waals surface area contributed by atoms with Crippen LogP contribution in [0.15, 0.2) is 41.5 Å². The molecule has 2 N–H and O–H groups in total. The second-order valence-corrected chi connectivity index (χ2v) is 4.71. The number of benzene rings is 1. The molecule has 5 nitrogen and oxygen atoms in total. The third kappa shape index (κ3) is 3.52. The third-order valence-electron chi connectivity index (χ3n) is 2.49. The van der Waals surface area contributed by atoms with Gasteiger partial charge in [-0.05, 0) is 30.1 Å². The van der Waals surface area contributed by atoms with E-state index in [0.717, 1.165) is 17.1 Å². The number of anilines is 1. The molecule has 0 saturated carbocycles. The van der Waals surface area contributed by atoms with Gasteiger partial charge in [0.2, 0.25) is 0 Å². The van der Waals surface area contributed by atoms with Gasteiger partial charge in [0.25, 0.3) is 0 Å². The van der Waals surface area contributed by atoms with Gasteiger partial charge in [-0.3, -0.25) is 5.43 Å². The number of hydrogen-bond acceptors (Lipinski definition) is 5. The van der Waals surface area contributed by atoms with Crippen LogP contribution in [0.1, 0.15) is 21.6 Å². The number of rotatable bonds is 5. The van der Waals surface area contributed by atoms with E-state index >= 15 is 0 Å². The molecule has 0 unspecified atom stereocenters. The standard InChI is InChI=1S/C14H13N3O2S/c1-10-12(14(18)19)13(20-17-10)16-15-9-5-8-11-6-3-2-4-7-11/h2-9,16H,1H3,(H,18,19). The normalized spacial score (nSPS) is 11.2. The number of carboxylic acid groups (broad SMARTS) is 1. The Morgan fingerprint density at radius 1 is 1.40 bits per heavy atom. The summed E-state index contributed by atoms with van der Waals surface area (Å²) in [7, 11) is 0. The Morgan fingerprint density at radius 2 is 2.15 bits per heavy atom. The number of allylic oxidation sites excluding steroid dienone is 1. The van der Waals surface area contributed by atoms with Crippen LogP contribution in [0.3, 0.4) is 0 Å². The summed E-state index contributed by atoms with van der Waals surface area (Å²) >= 11 is 1.08. The van der Waals surface area contributed by atoms with Gasteiger partial charge in [-0.25, -0.2) is 4.79 Å². The predicted molar refractivity (Wildman–Crippen MR) is 81.4 cm³/mol. The molecule has 0 aliphatic rings. The maximum atomic E-state index is 11.0. The minimum atomic E-state index is -1.01. The molecule has 2 rings (SSSR count). The summed E-state index contributed by atoms with van der Waals surface area (Å²) in [5.41, 5.74) is 4.42. The molecule has 0 fully saturated rings. The zero-order chi connectivity index (χ0) is 14.4. The van der Waals surface area contributed by atoms with Crippen LogP contribution in [0.2, 0.25) is 0 Å². The number of nitrogens with one attached hydrogen (secondary N) is 1. The Bertz CT molecular complexity index is 648. The smallest absolute Gasteiger partial charge is 0.340 e. The number of carboxylic acids is 1. The molecule has 6 heteroatoms. The lowest BCUT2D eigenvalue weighted by Crippen LogP contribution is -2.00. The molecule has 20 heavy (non-hydrogen) atoms. The third-order valence-corrected chi connectivity index (χ3v) is 3.33. The lowest BCUT2D eigenvalue weighted by molar-refractivity contribution is 0.0697. The first-order chi connectivity index (χ1) is 9.68. The van der Waals surface area contributed by atoms with E-state index in [1.807, 2.05) is 36.4 Å². The van der Waals surface area contributed by atoms with Crippen molar-refractivity contribution in [3.63, 3.8) is 0 Å². The average Bonchev–Trinajstić information content (AvgIpc) is 2.81.